The number of aliphatic hydroxyl groups is 1. The molecule has 1 N–H and O–H groups in total. The van der Waals surface area contributed by atoms with Gasteiger partial charge in [0.05, 0.1) is 0 Å². The van der Waals surface area contributed by atoms with Gasteiger partial charge in [-0.2, -0.15) is 0 Å². The molecule has 0 amide bonds. The highest BCUT2D eigenvalue weighted by Gasteiger charge is 2.12. The molecule has 0 bridgehead atoms. The van der Waals surface area contributed by atoms with Crippen LogP contribution in [-0.4, -0.2) is 42.1 Å². The Balaban J connectivity index is 3.48. The van der Waals surface area contributed by atoms with Crippen LogP contribution >= 0.6 is 0 Å². The highest BCUT2D eigenvalue weighted by Crippen LogP contribution is 2.15. The van der Waals surface area contributed by atoms with Crippen LogP contribution in [0.3, 0.4) is 0 Å². The van der Waals surface area contributed by atoms with Gasteiger partial charge in [-0.25, -0.2) is 0 Å². The predicted molar refractivity (Wildman–Crippen MR) is 201 cm³/mol. The van der Waals surface area contributed by atoms with Gasteiger partial charge in [-0.15, -0.1) is 0 Å². The Morgan fingerprint density at radius 3 is 1.40 bits per heavy atom. The van der Waals surface area contributed by atoms with Crippen LogP contribution in [0.4, 0.5) is 0 Å². The molecule has 0 aliphatic heterocycles. The van der Waals surface area contributed by atoms with Gasteiger partial charge in [0.25, 0.3) is 0 Å². The molecule has 0 radical (unpaired) electrons. The average Bonchev–Trinajstić information content (AvgIpc) is 3.06. The molecule has 0 rings (SSSR count). The van der Waals surface area contributed by atoms with Crippen molar-refractivity contribution in [3.63, 3.8) is 0 Å². The van der Waals surface area contributed by atoms with Gasteiger partial charge in [0, 0.05) is 19.3 Å². The Hall–Kier alpha value is -1.95. The zero-order chi connectivity index (χ0) is 35.3. The lowest BCUT2D eigenvalue weighted by molar-refractivity contribution is -0.152. The standard InChI is InChI=1S/C42H76O6/c1-4-5-6-7-17-22-27-32-39(43)33-28-23-20-25-30-35-42(46)48-37-40(44)36-47-41(45)34-29-24-19-16-14-12-10-8-9-11-13-15-18-21-26-31-38(2)3/h17,22,27,32,38,40,44H,4-16,18-21,23-26,28-31,33-37H2,1-3H3/b22-17-,32-27+/t40-/m1/s1. The first kappa shape index (κ1) is 46.0. The van der Waals surface area contributed by atoms with Crippen molar-refractivity contribution in [2.75, 3.05) is 13.2 Å². The van der Waals surface area contributed by atoms with Crippen LogP contribution in [0, 0.1) is 5.92 Å². The van der Waals surface area contributed by atoms with E-state index in [1.807, 2.05) is 12.2 Å². The summed E-state index contributed by atoms with van der Waals surface area (Å²) in [5.41, 5.74) is 0. The molecule has 0 aromatic carbocycles. The fraction of sp³-hybridized carbons (Fsp3) is 0.833. The molecule has 280 valence electrons. The van der Waals surface area contributed by atoms with Crippen LogP contribution in [0.15, 0.2) is 24.3 Å². The van der Waals surface area contributed by atoms with Crippen LogP contribution in [0.25, 0.3) is 0 Å². The summed E-state index contributed by atoms with van der Waals surface area (Å²) in [6, 6.07) is 0. The number of allylic oxidation sites excluding steroid dienone is 4. The normalized spacial score (nSPS) is 12.4. The fourth-order valence-electron chi connectivity index (χ4n) is 5.72. The minimum absolute atomic E-state index is 0.145. The quantitative estimate of drug-likeness (QED) is 0.0307. The molecular weight excluding hydrogens is 600 g/mol. The lowest BCUT2D eigenvalue weighted by Crippen LogP contribution is -2.25. The van der Waals surface area contributed by atoms with Crippen LogP contribution in [0.1, 0.15) is 201 Å². The monoisotopic (exact) mass is 677 g/mol. The van der Waals surface area contributed by atoms with Gasteiger partial charge in [0.2, 0.25) is 0 Å². The van der Waals surface area contributed by atoms with Crippen molar-refractivity contribution in [1.29, 1.82) is 0 Å². The lowest BCUT2D eigenvalue weighted by atomic mass is 10.0. The number of carbonyl (C=O) groups excluding carboxylic acids is 3. The van der Waals surface area contributed by atoms with E-state index in [1.54, 1.807) is 6.08 Å². The molecule has 0 aliphatic rings. The molecule has 0 saturated carbocycles. The van der Waals surface area contributed by atoms with Gasteiger partial charge < -0.3 is 14.6 Å². The fourth-order valence-corrected chi connectivity index (χ4v) is 5.72. The number of hydrogen-bond donors (Lipinski definition) is 1. The SMILES string of the molecule is CCCCC/C=C\C=C\C(=O)CCCCCCCC(=O)OC[C@H](O)COC(=O)CCCCCCCCCCCCCCCCCC(C)C. The van der Waals surface area contributed by atoms with E-state index in [0.29, 0.717) is 19.3 Å². The van der Waals surface area contributed by atoms with E-state index in [2.05, 4.69) is 26.8 Å². The van der Waals surface area contributed by atoms with Crippen LogP contribution in [-0.2, 0) is 23.9 Å². The maximum absolute atomic E-state index is 12.0. The van der Waals surface area contributed by atoms with Gasteiger partial charge in [-0.1, -0.05) is 167 Å². The number of hydrogen-bond acceptors (Lipinski definition) is 6. The van der Waals surface area contributed by atoms with E-state index in [-0.39, 0.29) is 30.9 Å². The summed E-state index contributed by atoms with van der Waals surface area (Å²) in [7, 11) is 0. The number of ketones is 1. The third-order valence-corrected chi connectivity index (χ3v) is 8.84. The zero-order valence-corrected chi connectivity index (χ0v) is 31.7. The molecule has 0 fully saturated rings. The van der Waals surface area contributed by atoms with E-state index < -0.39 is 6.10 Å². The van der Waals surface area contributed by atoms with Gasteiger partial charge in [0.1, 0.15) is 19.3 Å². The highest BCUT2D eigenvalue weighted by atomic mass is 16.6. The van der Waals surface area contributed by atoms with Gasteiger partial charge >= 0.3 is 11.9 Å². The molecule has 48 heavy (non-hydrogen) atoms. The number of aliphatic hydroxyl groups excluding tert-OH is 1. The minimum Gasteiger partial charge on any atom is -0.463 e. The van der Waals surface area contributed by atoms with Crippen molar-refractivity contribution in [3.05, 3.63) is 24.3 Å². The summed E-state index contributed by atoms with van der Waals surface area (Å²) in [6.45, 7) is 6.51. The Morgan fingerprint density at radius 2 is 0.958 bits per heavy atom. The number of esters is 2. The van der Waals surface area contributed by atoms with E-state index in [1.165, 1.54) is 103 Å². The van der Waals surface area contributed by atoms with Crippen molar-refractivity contribution in [1.82, 2.24) is 0 Å². The molecule has 0 aromatic rings. The summed E-state index contributed by atoms with van der Waals surface area (Å²) < 4.78 is 10.3. The summed E-state index contributed by atoms with van der Waals surface area (Å²) in [5.74, 6) is 0.360. The van der Waals surface area contributed by atoms with Crippen molar-refractivity contribution in [3.8, 4) is 0 Å². The second kappa shape index (κ2) is 36.3. The molecule has 0 unspecified atom stereocenters. The topological polar surface area (TPSA) is 89.9 Å². The van der Waals surface area contributed by atoms with Crippen LogP contribution in [0.2, 0.25) is 0 Å². The number of unbranched alkanes of at least 4 members (excludes halogenated alkanes) is 21. The Bertz CT molecular complexity index is 802. The summed E-state index contributed by atoms with van der Waals surface area (Å²) in [6.07, 6.45) is 37.7. The van der Waals surface area contributed by atoms with Crippen LogP contribution < -0.4 is 0 Å². The zero-order valence-electron chi connectivity index (χ0n) is 31.7. The second-order valence-corrected chi connectivity index (χ2v) is 14.3. The van der Waals surface area contributed by atoms with Gasteiger partial charge in [-0.3, -0.25) is 14.4 Å². The number of carbonyl (C=O) groups is 3. The van der Waals surface area contributed by atoms with Crippen molar-refractivity contribution in [2.45, 2.75) is 207 Å². The molecule has 0 saturated heterocycles. The van der Waals surface area contributed by atoms with Crippen molar-refractivity contribution in [2.24, 2.45) is 5.92 Å². The molecule has 0 aromatic heterocycles. The van der Waals surface area contributed by atoms with Crippen LogP contribution in [0.5, 0.6) is 0 Å². The molecule has 6 heteroatoms. The maximum Gasteiger partial charge on any atom is 0.305 e. The predicted octanol–water partition coefficient (Wildman–Crippen LogP) is 11.7. The molecular formula is C42H76O6. The largest absolute Gasteiger partial charge is 0.463 e. The Kier molecular flexibility index (Phi) is 34.9. The second-order valence-electron chi connectivity index (χ2n) is 14.3. The first-order valence-corrected chi connectivity index (χ1v) is 20.2. The Morgan fingerprint density at radius 1 is 0.542 bits per heavy atom. The molecule has 0 aliphatic carbocycles. The summed E-state index contributed by atoms with van der Waals surface area (Å²) in [4.78, 5) is 35.8. The lowest BCUT2D eigenvalue weighted by Gasteiger charge is -2.12. The van der Waals surface area contributed by atoms with E-state index in [0.717, 1.165) is 63.7 Å². The Labute approximate surface area is 296 Å². The maximum atomic E-state index is 12.0. The minimum atomic E-state index is -0.999. The smallest absolute Gasteiger partial charge is 0.305 e. The first-order chi connectivity index (χ1) is 23.3. The van der Waals surface area contributed by atoms with E-state index in [9.17, 15) is 19.5 Å². The third kappa shape index (κ3) is 36.9. The molecule has 0 spiro atoms. The summed E-state index contributed by atoms with van der Waals surface area (Å²) >= 11 is 0. The van der Waals surface area contributed by atoms with Gasteiger partial charge in [0.15, 0.2) is 5.78 Å². The third-order valence-electron chi connectivity index (χ3n) is 8.84. The molecule has 1 atom stereocenters. The highest BCUT2D eigenvalue weighted by molar-refractivity contribution is 5.89. The molecule has 6 nitrogen and oxygen atoms in total. The van der Waals surface area contributed by atoms with Crippen molar-refractivity contribution >= 4 is 17.7 Å². The number of rotatable bonds is 36. The summed E-state index contributed by atoms with van der Waals surface area (Å²) in [5, 5.41) is 10.0. The average molecular weight is 677 g/mol. The number of ether oxygens (including phenoxy) is 2. The van der Waals surface area contributed by atoms with Gasteiger partial charge in [-0.05, 0) is 44.1 Å². The van der Waals surface area contributed by atoms with Crippen molar-refractivity contribution < 1.29 is 29.0 Å². The molecule has 0 heterocycles. The van der Waals surface area contributed by atoms with E-state index in [4.69, 9.17) is 9.47 Å². The first-order valence-electron chi connectivity index (χ1n) is 20.2. The van der Waals surface area contributed by atoms with E-state index >= 15 is 0 Å².